The van der Waals surface area contributed by atoms with E-state index in [1.807, 2.05) is 0 Å². The van der Waals surface area contributed by atoms with Crippen LogP contribution in [0.5, 0.6) is 23.0 Å². The van der Waals surface area contributed by atoms with Gasteiger partial charge in [0, 0.05) is 48.1 Å². The molecule has 0 saturated heterocycles. The van der Waals surface area contributed by atoms with Crippen molar-refractivity contribution in [2.45, 2.75) is 34.5 Å². The van der Waals surface area contributed by atoms with Gasteiger partial charge in [0.15, 0.2) is 0 Å². The smallest absolute Gasteiger partial charge is 0.461 e. The van der Waals surface area contributed by atoms with Gasteiger partial charge in [-0.05, 0) is 123 Å². The Kier molecular flexibility index (Phi) is 17.7. The van der Waals surface area contributed by atoms with Crippen molar-refractivity contribution in [3.63, 3.8) is 0 Å². The van der Waals surface area contributed by atoms with Gasteiger partial charge >= 0.3 is 27.2 Å². The lowest BCUT2D eigenvalue weighted by molar-refractivity contribution is -0.139. The van der Waals surface area contributed by atoms with Crippen LogP contribution >= 0.6 is 0 Å². The zero-order chi connectivity index (χ0) is 59.4. The van der Waals surface area contributed by atoms with Gasteiger partial charge in [-0.25, -0.2) is 14.4 Å². The Balaban J connectivity index is 0.000000630. The molecule has 0 aliphatic carbocycles. The van der Waals surface area contributed by atoms with Crippen molar-refractivity contribution in [3.8, 4) is 23.0 Å². The van der Waals surface area contributed by atoms with Gasteiger partial charge in [0.2, 0.25) is 6.29 Å². The molecule has 0 spiro atoms. The second-order valence-corrected chi connectivity index (χ2v) is 18.1. The van der Waals surface area contributed by atoms with E-state index in [9.17, 15) is 67.4 Å². The molecular weight excluding hydrogens is 1100 g/mol. The number of imide groups is 5. The molecule has 0 fully saturated rings. The van der Waals surface area contributed by atoms with Gasteiger partial charge < -0.3 is 24.1 Å². The summed E-state index contributed by atoms with van der Waals surface area (Å²) in [6.45, 7) is 3.79. The van der Waals surface area contributed by atoms with Crippen molar-refractivity contribution in [1.29, 1.82) is 0 Å². The average molecular weight is 1150 g/mol. The van der Waals surface area contributed by atoms with Gasteiger partial charge in [0.25, 0.3) is 59.1 Å². The predicted molar refractivity (Wildman–Crippen MR) is 280 cm³/mol. The molecule has 25 nitrogen and oxygen atoms in total. The van der Waals surface area contributed by atoms with Crippen molar-refractivity contribution in [3.05, 3.63) is 189 Å². The summed E-state index contributed by atoms with van der Waals surface area (Å²) in [4.78, 5) is 165. The number of likely N-dealkylation sites (N-methyl/N-ethyl adjacent to an activating group) is 1. The van der Waals surface area contributed by atoms with Crippen LogP contribution in [0.25, 0.3) is 0 Å². The van der Waals surface area contributed by atoms with Crippen molar-refractivity contribution in [2.75, 3.05) is 20.4 Å². The summed E-state index contributed by atoms with van der Waals surface area (Å²) in [5.74, 6) is -8.00. The maximum Gasteiger partial charge on any atom is 0.549 e. The highest BCUT2D eigenvalue weighted by Gasteiger charge is 2.41. The highest BCUT2D eigenvalue weighted by atomic mass is 28.2. The molecule has 1 atom stereocenters. The Morgan fingerprint density at radius 3 is 1.30 bits per heavy atom. The van der Waals surface area contributed by atoms with E-state index in [-0.39, 0.29) is 86.7 Å². The molecule has 5 aliphatic heterocycles. The van der Waals surface area contributed by atoms with Crippen LogP contribution in [0.4, 0.5) is 0 Å². The van der Waals surface area contributed by atoms with Crippen LogP contribution in [0.3, 0.4) is 0 Å². The molecule has 1 unspecified atom stereocenters. The number of aryl methyl sites for hydroxylation is 1. The molecular formula is C57H43N5O20Si. The number of hydrogen-bond acceptors (Lipinski definition) is 20. The quantitative estimate of drug-likeness (QED) is 0.0572. The molecule has 0 bridgehead atoms. The standard InChI is InChI=1S/C49H30N4O16.C7H9NO2.CH4.O2Si/c1-25-20-32(68-46(62)26-2-8-30(9-3-26)66-48(64)28-6-13-33-35(21-28)44(60)52(42(33)58)23-50-38(54)16-17-39(50)55)12-15-37(25)69-47(63)27-4-10-31(11-5-27)67-49(65)29-7-14-34-36(22-29)45(61)53(43(34)59)24-51-40(56)18-19-41(51)57;1-4-5(2)7(10)8(3)6(4)9;;1-3-2/h2-22,48,64H,23-24H2,1H3;1-3H3;1H4;. The number of nitrogens with zero attached hydrogens (tertiary/aromatic N) is 5. The molecule has 420 valence electrons. The maximum atomic E-state index is 13.1. The third-order valence-electron chi connectivity index (χ3n) is 12.9. The van der Waals surface area contributed by atoms with Gasteiger partial charge in [0.1, 0.15) is 36.3 Å². The molecule has 0 aromatic heterocycles. The first-order valence-electron chi connectivity index (χ1n) is 23.9. The average Bonchev–Trinajstić information content (AvgIpc) is 4.33. The second-order valence-electron chi connectivity index (χ2n) is 17.9. The number of fused-ring (bicyclic) bond motifs is 2. The zero-order valence-electron chi connectivity index (χ0n) is 43.1. The number of ether oxygens (including phenoxy) is 4. The Labute approximate surface area is 471 Å². The van der Waals surface area contributed by atoms with Gasteiger partial charge in [-0.3, -0.25) is 81.4 Å². The maximum absolute atomic E-state index is 13.1. The van der Waals surface area contributed by atoms with Gasteiger partial charge in [0.05, 0.1) is 38.9 Å². The van der Waals surface area contributed by atoms with Crippen LogP contribution < -0.4 is 18.9 Å². The van der Waals surface area contributed by atoms with Crippen molar-refractivity contribution >= 4 is 86.3 Å². The largest absolute Gasteiger partial charge is 0.549 e. The van der Waals surface area contributed by atoms with Gasteiger partial charge in [-0.2, -0.15) is 0 Å². The summed E-state index contributed by atoms with van der Waals surface area (Å²) >= 11 is 0. The second kappa shape index (κ2) is 24.6. The number of aliphatic hydroxyl groups is 1. The first-order chi connectivity index (χ1) is 39.0. The van der Waals surface area contributed by atoms with E-state index in [2.05, 4.69) is 0 Å². The van der Waals surface area contributed by atoms with Crippen LogP contribution in [0, 0.1) is 6.92 Å². The topological polar surface area (TPSA) is 329 Å². The first kappa shape index (κ1) is 59.7. The van der Waals surface area contributed by atoms with E-state index in [1.54, 1.807) is 20.8 Å². The molecule has 0 radical (unpaired) electrons. The van der Waals surface area contributed by atoms with E-state index in [0.717, 1.165) is 48.8 Å². The number of hydrogen-bond donors (Lipinski definition) is 1. The van der Waals surface area contributed by atoms with Crippen LogP contribution in [-0.2, 0) is 37.7 Å². The molecule has 0 saturated carbocycles. The van der Waals surface area contributed by atoms with E-state index in [1.165, 1.54) is 110 Å². The van der Waals surface area contributed by atoms with Crippen LogP contribution in [0.2, 0.25) is 0 Å². The lowest BCUT2D eigenvalue weighted by Gasteiger charge is -2.20. The van der Waals surface area contributed by atoms with Crippen molar-refractivity contribution in [1.82, 2.24) is 24.5 Å². The minimum atomic E-state index is -1.60. The molecule has 5 aromatic rings. The van der Waals surface area contributed by atoms with E-state index in [0.29, 0.717) is 16.7 Å². The lowest BCUT2D eigenvalue weighted by Crippen LogP contribution is -2.43. The minimum absolute atomic E-state index is 0. The van der Waals surface area contributed by atoms with E-state index in [4.69, 9.17) is 27.9 Å². The minimum Gasteiger partial charge on any atom is -0.461 e. The number of rotatable bonds is 13. The van der Waals surface area contributed by atoms with Crippen LogP contribution in [0.1, 0.15) is 111 Å². The Morgan fingerprint density at radius 2 is 0.843 bits per heavy atom. The normalized spacial score (nSPS) is 15.2. The van der Waals surface area contributed by atoms with Crippen molar-refractivity contribution in [2.24, 2.45) is 0 Å². The molecule has 83 heavy (non-hydrogen) atoms. The SMILES string of the molecule is C.CC1=C(C)C(=O)N(C)C1=O.Cc1cc(OC(=O)c2ccc(OC(O)c3ccc4c(c3)C(=O)N(CN3C(=O)C=CC3=O)C4=O)cc2)ccc1OC(=O)c1ccc(OC(=O)c2ccc3c(c2)C(=O)N(CN2C(=O)C=CC2=O)C3=O)cc1.O=[Si]=O. The number of carbonyl (C=O) groups excluding carboxylic acids is 13. The third kappa shape index (κ3) is 12.3. The lowest BCUT2D eigenvalue weighted by atomic mass is 10.1. The molecule has 5 heterocycles. The van der Waals surface area contributed by atoms with E-state index >= 15 is 0 Å². The summed E-state index contributed by atoms with van der Waals surface area (Å²) < 4.78 is 38.9. The number of aliphatic hydroxyl groups excluding tert-OH is 1. The number of carbonyl (C=O) groups is 13. The summed E-state index contributed by atoms with van der Waals surface area (Å²) in [5, 5.41) is 10.8. The third-order valence-corrected chi connectivity index (χ3v) is 12.9. The summed E-state index contributed by atoms with van der Waals surface area (Å²) in [6, 6.07) is 22.9. The van der Waals surface area contributed by atoms with Crippen LogP contribution in [-0.4, -0.2) is 136 Å². The van der Waals surface area contributed by atoms with Crippen molar-refractivity contribution < 1.29 is 95.3 Å². The Bertz CT molecular complexity index is 3760. The fourth-order valence-corrected chi connectivity index (χ4v) is 8.29. The highest BCUT2D eigenvalue weighted by Crippen LogP contribution is 2.31. The Hall–Kier alpha value is -11.0. The van der Waals surface area contributed by atoms with Crippen LogP contribution in [0.15, 0.2) is 139 Å². The fourth-order valence-electron chi connectivity index (χ4n) is 8.29. The van der Waals surface area contributed by atoms with Gasteiger partial charge in [-0.1, -0.05) is 13.5 Å². The summed E-state index contributed by atoms with van der Waals surface area (Å²) in [6.07, 6.45) is 2.50. The molecule has 10 rings (SSSR count). The summed E-state index contributed by atoms with van der Waals surface area (Å²) in [5.41, 5.74) is 1.64. The number of esters is 3. The monoisotopic (exact) mass is 1150 g/mol. The van der Waals surface area contributed by atoms with Gasteiger partial charge in [-0.15, -0.1) is 0 Å². The molecule has 1 N–H and O–H groups in total. The molecule has 5 aromatic carbocycles. The molecule has 10 amide bonds. The first-order valence-corrected chi connectivity index (χ1v) is 24.7. The molecule has 26 heteroatoms. The Morgan fingerprint density at radius 1 is 0.458 bits per heavy atom. The fraction of sp³-hybridized carbons (Fsp3) is 0.140. The number of amides is 10. The summed E-state index contributed by atoms with van der Waals surface area (Å²) in [7, 11) is 0.0741. The van der Waals surface area contributed by atoms with E-state index < -0.39 is 94.1 Å². The molecule has 5 aliphatic rings. The highest BCUT2D eigenvalue weighted by molar-refractivity contribution is 6.24. The predicted octanol–water partition coefficient (Wildman–Crippen LogP) is 4.02. The zero-order valence-corrected chi connectivity index (χ0v) is 44.1. The number of benzene rings is 5.